The van der Waals surface area contributed by atoms with Crippen molar-refractivity contribution in [1.29, 1.82) is 5.26 Å². The maximum Gasteiger partial charge on any atom is 0.146 e. The number of hydrogen-bond donors (Lipinski definition) is 1. The van der Waals surface area contributed by atoms with Crippen LogP contribution in [0.2, 0.25) is 0 Å². The standard InChI is InChI=1S/C14H20N4/c1-3-12-10-18(13(4-2)9-17-12)14-11(8-15)6-5-7-16-14/h5-7,12-13,17H,3-4,9-10H2,1-2H3. The molecular formula is C14H20N4. The lowest BCUT2D eigenvalue weighted by atomic mass is 10.0. The molecule has 2 atom stereocenters. The molecule has 1 N–H and O–H groups in total. The second-order valence-electron chi connectivity index (χ2n) is 4.71. The molecule has 4 nitrogen and oxygen atoms in total. The van der Waals surface area contributed by atoms with Gasteiger partial charge in [0.25, 0.3) is 0 Å². The number of pyridine rings is 1. The molecule has 0 aliphatic carbocycles. The largest absolute Gasteiger partial charge is 0.350 e. The van der Waals surface area contributed by atoms with Crippen molar-refractivity contribution in [2.24, 2.45) is 0 Å². The third-order valence-electron chi connectivity index (χ3n) is 3.64. The average Bonchev–Trinajstić information content (AvgIpc) is 2.46. The quantitative estimate of drug-likeness (QED) is 0.882. The minimum absolute atomic E-state index is 0.426. The normalized spacial score (nSPS) is 23.7. The lowest BCUT2D eigenvalue weighted by molar-refractivity contribution is 0.376. The SMILES string of the molecule is CCC1CN(c2ncccc2C#N)C(CC)CN1. The van der Waals surface area contributed by atoms with Crippen LogP contribution in [0, 0.1) is 11.3 Å². The summed E-state index contributed by atoms with van der Waals surface area (Å²) in [6.45, 7) is 6.27. The molecule has 4 heteroatoms. The summed E-state index contributed by atoms with van der Waals surface area (Å²) in [4.78, 5) is 6.71. The van der Waals surface area contributed by atoms with Crippen molar-refractivity contribution < 1.29 is 0 Å². The molecule has 0 aromatic carbocycles. The number of nitrogens with zero attached hydrogens (tertiary/aromatic N) is 3. The number of hydrogen-bond acceptors (Lipinski definition) is 4. The fourth-order valence-corrected chi connectivity index (χ4v) is 2.47. The topological polar surface area (TPSA) is 52.0 Å². The number of nitriles is 1. The number of aromatic nitrogens is 1. The van der Waals surface area contributed by atoms with Crippen molar-refractivity contribution in [3.05, 3.63) is 23.9 Å². The first-order valence-electron chi connectivity index (χ1n) is 6.65. The molecule has 2 rings (SSSR count). The Bertz CT molecular complexity index is 438. The van der Waals surface area contributed by atoms with Crippen LogP contribution in [0.15, 0.2) is 18.3 Å². The first kappa shape index (κ1) is 12.8. The van der Waals surface area contributed by atoms with Gasteiger partial charge in [0.05, 0.1) is 5.56 Å². The smallest absolute Gasteiger partial charge is 0.146 e. The molecule has 0 spiro atoms. The number of rotatable bonds is 3. The molecule has 1 aliphatic rings. The lowest BCUT2D eigenvalue weighted by Crippen LogP contribution is -2.56. The molecule has 1 aliphatic heterocycles. The Morgan fingerprint density at radius 1 is 1.50 bits per heavy atom. The van der Waals surface area contributed by atoms with Gasteiger partial charge in [-0.1, -0.05) is 13.8 Å². The predicted molar refractivity (Wildman–Crippen MR) is 72.5 cm³/mol. The predicted octanol–water partition coefficient (Wildman–Crippen LogP) is 1.92. The summed E-state index contributed by atoms with van der Waals surface area (Å²) in [5.41, 5.74) is 0.674. The van der Waals surface area contributed by atoms with Crippen LogP contribution in [0.25, 0.3) is 0 Å². The van der Waals surface area contributed by atoms with Crippen molar-refractivity contribution >= 4 is 5.82 Å². The zero-order chi connectivity index (χ0) is 13.0. The van der Waals surface area contributed by atoms with Crippen molar-refractivity contribution in [2.75, 3.05) is 18.0 Å². The molecule has 18 heavy (non-hydrogen) atoms. The van der Waals surface area contributed by atoms with E-state index < -0.39 is 0 Å². The van der Waals surface area contributed by atoms with Gasteiger partial charge < -0.3 is 10.2 Å². The van der Waals surface area contributed by atoms with Crippen LogP contribution in [0.3, 0.4) is 0 Å². The summed E-state index contributed by atoms with van der Waals surface area (Å²) in [7, 11) is 0. The Balaban J connectivity index is 2.30. The summed E-state index contributed by atoms with van der Waals surface area (Å²) in [6, 6.07) is 6.83. The highest BCUT2D eigenvalue weighted by Gasteiger charge is 2.28. The van der Waals surface area contributed by atoms with Crippen LogP contribution in [0.1, 0.15) is 32.3 Å². The molecule has 1 saturated heterocycles. The summed E-state index contributed by atoms with van der Waals surface area (Å²) in [6.07, 6.45) is 3.93. The molecule has 2 heterocycles. The molecule has 0 radical (unpaired) electrons. The summed E-state index contributed by atoms with van der Waals surface area (Å²) >= 11 is 0. The molecule has 1 fully saturated rings. The van der Waals surface area contributed by atoms with Crippen LogP contribution < -0.4 is 10.2 Å². The minimum Gasteiger partial charge on any atom is -0.350 e. The van der Waals surface area contributed by atoms with Gasteiger partial charge in [-0.25, -0.2) is 4.98 Å². The highest BCUT2D eigenvalue weighted by atomic mass is 15.3. The van der Waals surface area contributed by atoms with Gasteiger partial charge in [-0.05, 0) is 25.0 Å². The van der Waals surface area contributed by atoms with Gasteiger partial charge in [0, 0.05) is 31.4 Å². The second kappa shape index (κ2) is 5.83. The number of nitrogens with one attached hydrogen (secondary N) is 1. The van der Waals surface area contributed by atoms with Gasteiger partial charge in [0.1, 0.15) is 11.9 Å². The van der Waals surface area contributed by atoms with Crippen molar-refractivity contribution in [3.63, 3.8) is 0 Å². The molecule has 1 aromatic rings. The summed E-state index contributed by atoms with van der Waals surface area (Å²) < 4.78 is 0. The second-order valence-corrected chi connectivity index (χ2v) is 4.71. The fraction of sp³-hybridized carbons (Fsp3) is 0.571. The van der Waals surface area contributed by atoms with E-state index in [1.54, 1.807) is 6.20 Å². The average molecular weight is 244 g/mol. The van der Waals surface area contributed by atoms with E-state index >= 15 is 0 Å². The molecule has 0 saturated carbocycles. The van der Waals surface area contributed by atoms with Crippen molar-refractivity contribution in [1.82, 2.24) is 10.3 Å². The van der Waals surface area contributed by atoms with E-state index in [-0.39, 0.29) is 0 Å². The Morgan fingerprint density at radius 3 is 3.00 bits per heavy atom. The van der Waals surface area contributed by atoms with E-state index in [2.05, 4.69) is 35.1 Å². The number of anilines is 1. The third-order valence-corrected chi connectivity index (χ3v) is 3.64. The van der Waals surface area contributed by atoms with E-state index in [9.17, 15) is 5.26 Å². The molecule has 0 amide bonds. The lowest BCUT2D eigenvalue weighted by Gasteiger charge is -2.41. The Kier molecular flexibility index (Phi) is 4.16. The highest BCUT2D eigenvalue weighted by Crippen LogP contribution is 2.23. The van der Waals surface area contributed by atoms with Gasteiger partial charge >= 0.3 is 0 Å². The van der Waals surface area contributed by atoms with Crippen molar-refractivity contribution in [3.8, 4) is 6.07 Å². The van der Waals surface area contributed by atoms with E-state index in [0.717, 1.165) is 31.7 Å². The fourth-order valence-electron chi connectivity index (χ4n) is 2.47. The monoisotopic (exact) mass is 244 g/mol. The molecule has 96 valence electrons. The van der Waals surface area contributed by atoms with Crippen LogP contribution in [0.5, 0.6) is 0 Å². The maximum absolute atomic E-state index is 9.20. The molecule has 0 bridgehead atoms. The van der Waals surface area contributed by atoms with Crippen molar-refractivity contribution in [2.45, 2.75) is 38.8 Å². The molecular weight excluding hydrogens is 224 g/mol. The summed E-state index contributed by atoms with van der Waals surface area (Å²) in [5.74, 6) is 0.840. The summed E-state index contributed by atoms with van der Waals surface area (Å²) in [5, 5.41) is 12.8. The Labute approximate surface area is 109 Å². The molecule has 1 aromatic heterocycles. The minimum atomic E-state index is 0.426. The first-order chi connectivity index (χ1) is 8.80. The Morgan fingerprint density at radius 2 is 2.33 bits per heavy atom. The van der Waals surface area contributed by atoms with E-state index in [1.165, 1.54) is 0 Å². The molecule has 2 unspecified atom stereocenters. The van der Waals surface area contributed by atoms with E-state index in [1.807, 2.05) is 12.1 Å². The van der Waals surface area contributed by atoms with Crippen LogP contribution >= 0.6 is 0 Å². The van der Waals surface area contributed by atoms with Crippen LogP contribution in [0.4, 0.5) is 5.82 Å². The van der Waals surface area contributed by atoms with Gasteiger partial charge in [-0.2, -0.15) is 5.26 Å². The zero-order valence-corrected chi connectivity index (χ0v) is 11.1. The first-order valence-corrected chi connectivity index (χ1v) is 6.65. The zero-order valence-electron chi connectivity index (χ0n) is 11.1. The Hall–Kier alpha value is -1.60. The van der Waals surface area contributed by atoms with E-state index in [0.29, 0.717) is 17.6 Å². The maximum atomic E-state index is 9.20. The third kappa shape index (κ3) is 2.46. The van der Waals surface area contributed by atoms with Crippen LogP contribution in [-0.2, 0) is 0 Å². The van der Waals surface area contributed by atoms with Gasteiger partial charge in [-0.3, -0.25) is 0 Å². The van der Waals surface area contributed by atoms with E-state index in [4.69, 9.17) is 0 Å². The number of piperazine rings is 1. The van der Waals surface area contributed by atoms with Gasteiger partial charge in [0.2, 0.25) is 0 Å². The van der Waals surface area contributed by atoms with Crippen LogP contribution in [-0.4, -0.2) is 30.2 Å². The highest BCUT2D eigenvalue weighted by molar-refractivity contribution is 5.54. The van der Waals surface area contributed by atoms with Gasteiger partial charge in [-0.15, -0.1) is 0 Å². The van der Waals surface area contributed by atoms with Gasteiger partial charge in [0.15, 0.2) is 0 Å².